The summed E-state index contributed by atoms with van der Waals surface area (Å²) >= 11 is 15.7. The normalized spacial score (nSPS) is 13.2. The highest BCUT2D eigenvalue weighted by Crippen LogP contribution is 2.30. The lowest BCUT2D eigenvalue weighted by Crippen LogP contribution is -2.28. The number of aryl methyl sites for hydroxylation is 1. The maximum Gasteiger partial charge on any atom is 0.274 e. The molecular formula is C21H18BrCl2N5O2. The number of carbonyl (C=O) groups excluding carboxylic acids is 2. The second kappa shape index (κ2) is 8.98. The SMILES string of the molecule is Cc1cc(Cl)cc(C(=O)NCC2CC2)c1NC(=O)c1cc(Br)nn1-c1ncccc1Cl. The van der Waals surface area contributed by atoms with Gasteiger partial charge in [-0.15, -0.1) is 0 Å². The summed E-state index contributed by atoms with van der Waals surface area (Å²) < 4.78 is 1.79. The Bertz CT molecular complexity index is 1180. The molecule has 1 aliphatic carbocycles. The minimum absolute atomic E-state index is 0.200. The van der Waals surface area contributed by atoms with E-state index in [0.29, 0.717) is 49.7 Å². The van der Waals surface area contributed by atoms with E-state index in [9.17, 15) is 9.59 Å². The van der Waals surface area contributed by atoms with E-state index in [1.807, 2.05) is 0 Å². The van der Waals surface area contributed by atoms with Gasteiger partial charge in [0.05, 0.1) is 16.3 Å². The van der Waals surface area contributed by atoms with Crippen LogP contribution in [0.4, 0.5) is 5.69 Å². The van der Waals surface area contributed by atoms with E-state index in [2.05, 4.69) is 36.6 Å². The van der Waals surface area contributed by atoms with Gasteiger partial charge in [0.25, 0.3) is 11.8 Å². The maximum atomic E-state index is 13.2. The molecule has 7 nitrogen and oxygen atoms in total. The second-order valence-corrected chi connectivity index (χ2v) is 8.98. The molecule has 2 amide bonds. The summed E-state index contributed by atoms with van der Waals surface area (Å²) in [7, 11) is 0. The Morgan fingerprint density at radius 1 is 1.23 bits per heavy atom. The number of anilines is 1. The van der Waals surface area contributed by atoms with Crippen LogP contribution in [-0.4, -0.2) is 33.1 Å². The molecule has 2 heterocycles. The number of amides is 2. The van der Waals surface area contributed by atoms with E-state index in [0.717, 1.165) is 12.8 Å². The van der Waals surface area contributed by atoms with Crippen LogP contribution >= 0.6 is 39.1 Å². The van der Waals surface area contributed by atoms with Crippen molar-refractivity contribution < 1.29 is 9.59 Å². The molecule has 160 valence electrons. The van der Waals surface area contributed by atoms with Gasteiger partial charge >= 0.3 is 0 Å². The van der Waals surface area contributed by atoms with Crippen LogP contribution in [0.2, 0.25) is 10.0 Å². The van der Waals surface area contributed by atoms with Gasteiger partial charge < -0.3 is 10.6 Å². The van der Waals surface area contributed by atoms with E-state index in [4.69, 9.17) is 23.2 Å². The number of nitrogens with one attached hydrogen (secondary N) is 2. The van der Waals surface area contributed by atoms with Crippen molar-refractivity contribution >= 4 is 56.6 Å². The van der Waals surface area contributed by atoms with Gasteiger partial charge in [-0.2, -0.15) is 5.10 Å². The molecule has 1 aromatic carbocycles. The van der Waals surface area contributed by atoms with Crippen molar-refractivity contribution in [2.75, 3.05) is 11.9 Å². The summed E-state index contributed by atoms with van der Waals surface area (Å²) in [5, 5.41) is 10.8. The Labute approximate surface area is 197 Å². The third-order valence-corrected chi connectivity index (χ3v) is 5.78. The topological polar surface area (TPSA) is 88.9 Å². The third-order valence-electron chi connectivity index (χ3n) is 4.88. The van der Waals surface area contributed by atoms with Crippen molar-refractivity contribution in [2.45, 2.75) is 19.8 Å². The molecule has 1 saturated carbocycles. The van der Waals surface area contributed by atoms with E-state index < -0.39 is 5.91 Å². The molecule has 0 spiro atoms. The first-order valence-corrected chi connectivity index (χ1v) is 11.1. The molecule has 2 N–H and O–H groups in total. The molecule has 1 aliphatic rings. The number of pyridine rings is 1. The minimum atomic E-state index is -0.471. The zero-order chi connectivity index (χ0) is 22.1. The lowest BCUT2D eigenvalue weighted by Gasteiger charge is -2.15. The number of carbonyl (C=O) groups is 2. The van der Waals surface area contributed by atoms with E-state index in [1.54, 1.807) is 43.5 Å². The molecule has 0 saturated heterocycles. The van der Waals surface area contributed by atoms with Crippen LogP contribution in [0, 0.1) is 12.8 Å². The van der Waals surface area contributed by atoms with Crippen LogP contribution in [0.5, 0.6) is 0 Å². The number of aromatic nitrogens is 3. The summed E-state index contributed by atoms with van der Waals surface area (Å²) in [6, 6.07) is 8.14. The Kier molecular flexibility index (Phi) is 6.31. The molecule has 0 bridgehead atoms. The smallest absolute Gasteiger partial charge is 0.274 e. The Morgan fingerprint density at radius 2 is 2.00 bits per heavy atom. The molecule has 4 rings (SSSR count). The lowest BCUT2D eigenvalue weighted by molar-refractivity contribution is 0.0952. The molecule has 31 heavy (non-hydrogen) atoms. The Morgan fingerprint density at radius 3 is 2.71 bits per heavy atom. The lowest BCUT2D eigenvalue weighted by atomic mass is 10.1. The van der Waals surface area contributed by atoms with Crippen LogP contribution < -0.4 is 10.6 Å². The van der Waals surface area contributed by atoms with Gasteiger partial charge in [0.1, 0.15) is 10.3 Å². The predicted molar refractivity (Wildman–Crippen MR) is 123 cm³/mol. The van der Waals surface area contributed by atoms with Gasteiger partial charge in [0, 0.05) is 23.8 Å². The monoisotopic (exact) mass is 521 g/mol. The number of nitrogens with zero attached hydrogens (tertiary/aromatic N) is 3. The number of rotatable bonds is 6. The molecule has 1 fully saturated rings. The number of halogens is 3. The largest absolute Gasteiger partial charge is 0.352 e. The second-order valence-electron chi connectivity index (χ2n) is 7.33. The molecule has 0 atom stereocenters. The van der Waals surface area contributed by atoms with Gasteiger partial charge in [0.2, 0.25) is 0 Å². The van der Waals surface area contributed by atoms with Gasteiger partial charge in [0.15, 0.2) is 5.82 Å². The third kappa shape index (κ3) is 4.92. The summed E-state index contributed by atoms with van der Waals surface area (Å²) in [6.45, 7) is 2.39. The van der Waals surface area contributed by atoms with Crippen molar-refractivity contribution in [1.29, 1.82) is 0 Å². The molecule has 0 unspecified atom stereocenters. The fourth-order valence-electron chi connectivity index (χ4n) is 3.13. The van der Waals surface area contributed by atoms with Gasteiger partial charge in [-0.25, -0.2) is 9.67 Å². The fraction of sp³-hybridized carbons (Fsp3) is 0.238. The molecule has 10 heteroatoms. The van der Waals surface area contributed by atoms with Crippen molar-refractivity contribution in [3.63, 3.8) is 0 Å². The first-order chi connectivity index (χ1) is 14.8. The average Bonchev–Trinajstić information content (AvgIpc) is 3.48. The maximum absolute atomic E-state index is 13.2. The fourth-order valence-corrected chi connectivity index (χ4v) is 3.98. The summed E-state index contributed by atoms with van der Waals surface area (Å²) in [4.78, 5) is 30.2. The minimum Gasteiger partial charge on any atom is -0.352 e. The van der Waals surface area contributed by atoms with Crippen molar-refractivity contribution in [1.82, 2.24) is 20.1 Å². The highest BCUT2D eigenvalue weighted by molar-refractivity contribution is 9.10. The zero-order valence-corrected chi connectivity index (χ0v) is 19.6. The Balaban J connectivity index is 1.66. The van der Waals surface area contributed by atoms with E-state index >= 15 is 0 Å². The predicted octanol–water partition coefficient (Wildman–Crippen LogP) is 5.04. The van der Waals surface area contributed by atoms with E-state index in [1.165, 1.54) is 4.68 Å². The molecule has 0 radical (unpaired) electrons. The average molecular weight is 523 g/mol. The Hall–Kier alpha value is -2.42. The van der Waals surface area contributed by atoms with Crippen molar-refractivity contribution in [3.8, 4) is 5.82 Å². The summed E-state index contributed by atoms with van der Waals surface area (Å²) in [6.07, 6.45) is 3.80. The molecular weight excluding hydrogens is 505 g/mol. The highest BCUT2D eigenvalue weighted by Gasteiger charge is 2.25. The van der Waals surface area contributed by atoms with Gasteiger partial charge in [-0.1, -0.05) is 23.2 Å². The summed E-state index contributed by atoms with van der Waals surface area (Å²) in [5.74, 6) is 0.0872. The van der Waals surface area contributed by atoms with Crippen molar-refractivity contribution in [2.24, 2.45) is 5.92 Å². The van der Waals surface area contributed by atoms with Gasteiger partial charge in [-0.05, 0) is 71.4 Å². The first-order valence-electron chi connectivity index (χ1n) is 9.59. The van der Waals surface area contributed by atoms with Crippen LogP contribution in [0.15, 0.2) is 41.1 Å². The first kappa shape index (κ1) is 21.8. The van der Waals surface area contributed by atoms with Crippen LogP contribution in [-0.2, 0) is 0 Å². The standard InChI is InChI=1S/C21H18BrCl2N5O2/c1-11-7-13(23)8-14(20(30)26-10-12-4-5-12)18(11)27-21(31)16-9-17(22)28-29(16)19-15(24)3-2-6-25-19/h2-3,6-9,12H,4-5,10H2,1H3,(H,26,30)(H,27,31). The number of benzene rings is 1. The molecule has 2 aromatic heterocycles. The van der Waals surface area contributed by atoms with Crippen LogP contribution in [0.3, 0.4) is 0 Å². The quantitative estimate of drug-likeness (QED) is 0.474. The van der Waals surface area contributed by atoms with Crippen LogP contribution in [0.25, 0.3) is 5.82 Å². The van der Waals surface area contributed by atoms with Crippen molar-refractivity contribution in [3.05, 3.63) is 68.0 Å². The molecule has 0 aliphatic heterocycles. The molecule has 3 aromatic rings. The van der Waals surface area contributed by atoms with Gasteiger partial charge in [-0.3, -0.25) is 9.59 Å². The van der Waals surface area contributed by atoms with E-state index in [-0.39, 0.29) is 11.6 Å². The zero-order valence-electron chi connectivity index (χ0n) is 16.5. The highest BCUT2D eigenvalue weighted by atomic mass is 79.9. The number of hydrogen-bond donors (Lipinski definition) is 2. The summed E-state index contributed by atoms with van der Waals surface area (Å²) in [5.41, 5.74) is 1.56. The van der Waals surface area contributed by atoms with Crippen LogP contribution in [0.1, 0.15) is 39.3 Å². The number of hydrogen-bond acceptors (Lipinski definition) is 4.